The van der Waals surface area contributed by atoms with Gasteiger partial charge in [-0.25, -0.2) is 0 Å². The summed E-state index contributed by atoms with van der Waals surface area (Å²) < 4.78 is 10.8. The Morgan fingerprint density at radius 3 is 2.06 bits per heavy atom. The number of hydrogen-bond acceptors (Lipinski definition) is 3. The fourth-order valence-corrected chi connectivity index (χ4v) is 3.58. The molecule has 1 rings (SSSR count). The normalized spacial score (nSPS) is 11.5. The second-order valence-electron chi connectivity index (χ2n) is 8.22. The minimum absolute atomic E-state index is 0.185. The molecule has 0 atom stereocenters. The Balaban J connectivity index is 2.04. The average Bonchev–Trinajstić information content (AvgIpc) is 2.77. The van der Waals surface area contributed by atoms with E-state index in [9.17, 15) is 4.79 Å². The number of carbonyl (C=O) groups is 1. The van der Waals surface area contributed by atoms with E-state index in [1.807, 2.05) is 31.2 Å². The molecule has 0 radical (unpaired) electrons. The van der Waals surface area contributed by atoms with Crippen LogP contribution in [0.4, 0.5) is 0 Å². The molecule has 0 spiro atoms. The number of allylic oxidation sites excluding steroid dienone is 3. The monoisotopic (exact) mass is 428 g/mol. The van der Waals surface area contributed by atoms with Gasteiger partial charge in [-0.2, -0.15) is 0 Å². The van der Waals surface area contributed by atoms with E-state index in [1.54, 1.807) is 13.2 Å². The molecule has 0 saturated carbocycles. The van der Waals surface area contributed by atoms with Crippen LogP contribution in [-0.2, 0) is 4.79 Å². The number of unbranched alkanes of at least 4 members (excludes halogenated alkanes) is 11. The van der Waals surface area contributed by atoms with Gasteiger partial charge in [0.25, 0.3) is 0 Å². The van der Waals surface area contributed by atoms with Crippen LogP contribution in [0.15, 0.2) is 36.4 Å². The van der Waals surface area contributed by atoms with E-state index >= 15 is 0 Å². The van der Waals surface area contributed by atoms with Crippen molar-refractivity contribution in [3.05, 3.63) is 42.0 Å². The number of hydrogen-bond donors (Lipinski definition) is 0. The maximum atomic E-state index is 12.1. The molecule has 0 unspecified atom stereocenters. The third-order valence-corrected chi connectivity index (χ3v) is 5.41. The predicted octanol–water partition coefficient (Wildman–Crippen LogP) is 8.67. The van der Waals surface area contributed by atoms with Crippen LogP contribution in [0.5, 0.6) is 11.5 Å². The van der Waals surface area contributed by atoms with Crippen LogP contribution in [0, 0.1) is 0 Å². The number of ether oxygens (including phenoxy) is 2. The molecule has 3 nitrogen and oxygen atoms in total. The molecule has 0 amide bonds. The van der Waals surface area contributed by atoms with Crippen LogP contribution in [0.2, 0.25) is 0 Å². The molecule has 0 saturated heterocycles. The zero-order valence-corrected chi connectivity index (χ0v) is 20.2. The number of esters is 1. The second-order valence-corrected chi connectivity index (χ2v) is 8.22. The summed E-state index contributed by atoms with van der Waals surface area (Å²) in [6.45, 7) is 4.23. The molecule has 174 valence electrons. The Hall–Kier alpha value is -2.03. The van der Waals surface area contributed by atoms with Crippen molar-refractivity contribution in [1.82, 2.24) is 0 Å². The summed E-state index contributed by atoms with van der Waals surface area (Å²) in [5.41, 5.74) is 1.02. The molecule has 0 aromatic heterocycles. The summed E-state index contributed by atoms with van der Waals surface area (Å²) in [5.74, 6) is 0.900. The number of benzene rings is 1. The molecule has 0 fully saturated rings. The van der Waals surface area contributed by atoms with E-state index in [0.717, 1.165) is 18.4 Å². The smallest absolute Gasteiger partial charge is 0.311 e. The van der Waals surface area contributed by atoms with Gasteiger partial charge >= 0.3 is 5.97 Å². The SMILES string of the molecule is CC=Cc1ccc(OC(=O)CCCCCCCC=CCCCCCCCC)c(OC)c1. The molecule has 31 heavy (non-hydrogen) atoms. The Morgan fingerprint density at radius 2 is 1.45 bits per heavy atom. The molecule has 3 heteroatoms. The molecule has 0 heterocycles. The molecule has 0 aliphatic carbocycles. The summed E-state index contributed by atoms with van der Waals surface area (Å²) in [5, 5.41) is 0. The van der Waals surface area contributed by atoms with Gasteiger partial charge < -0.3 is 9.47 Å². The maximum Gasteiger partial charge on any atom is 0.311 e. The topological polar surface area (TPSA) is 35.5 Å². The van der Waals surface area contributed by atoms with Gasteiger partial charge in [0.15, 0.2) is 11.5 Å². The third kappa shape index (κ3) is 13.8. The van der Waals surface area contributed by atoms with Crippen molar-refractivity contribution in [1.29, 1.82) is 0 Å². The van der Waals surface area contributed by atoms with E-state index in [-0.39, 0.29) is 5.97 Å². The molecular weight excluding hydrogens is 384 g/mol. The molecule has 0 aliphatic rings. The Labute approximate surface area is 190 Å². The van der Waals surface area contributed by atoms with Crippen LogP contribution in [0.3, 0.4) is 0 Å². The lowest BCUT2D eigenvalue weighted by atomic mass is 10.1. The summed E-state index contributed by atoms with van der Waals surface area (Å²) in [7, 11) is 1.59. The van der Waals surface area contributed by atoms with E-state index in [4.69, 9.17) is 9.47 Å². The fourth-order valence-electron chi connectivity index (χ4n) is 3.58. The van der Waals surface area contributed by atoms with Gasteiger partial charge in [-0.05, 0) is 56.7 Å². The first-order valence-corrected chi connectivity index (χ1v) is 12.4. The summed E-state index contributed by atoms with van der Waals surface area (Å²) in [6, 6.07) is 5.60. The van der Waals surface area contributed by atoms with E-state index in [0.29, 0.717) is 17.9 Å². The first-order valence-electron chi connectivity index (χ1n) is 12.4. The van der Waals surface area contributed by atoms with E-state index in [2.05, 4.69) is 19.1 Å². The standard InChI is InChI=1S/C28H44O3/c1-4-6-7-8-9-10-11-12-13-14-15-16-17-18-19-21-28(29)31-26-23-22-25(20-5-2)24-27(26)30-3/h5,12-13,20,22-24H,4,6-11,14-19,21H2,1-3H3. The number of methoxy groups -OCH3 is 1. The Morgan fingerprint density at radius 1 is 0.839 bits per heavy atom. The molecular formula is C28H44O3. The van der Waals surface area contributed by atoms with Crippen molar-refractivity contribution in [3.8, 4) is 11.5 Å². The van der Waals surface area contributed by atoms with Crippen molar-refractivity contribution in [3.63, 3.8) is 0 Å². The molecule has 0 N–H and O–H groups in total. The van der Waals surface area contributed by atoms with Crippen molar-refractivity contribution in [2.75, 3.05) is 7.11 Å². The first-order chi connectivity index (χ1) is 15.2. The summed E-state index contributed by atoms with van der Waals surface area (Å²) >= 11 is 0. The molecule has 1 aromatic rings. The lowest BCUT2D eigenvalue weighted by Gasteiger charge is -2.10. The predicted molar refractivity (Wildman–Crippen MR) is 133 cm³/mol. The Kier molecular flexibility index (Phi) is 16.3. The van der Waals surface area contributed by atoms with Crippen LogP contribution in [0.25, 0.3) is 6.08 Å². The van der Waals surface area contributed by atoms with Gasteiger partial charge in [-0.1, -0.05) is 88.7 Å². The minimum Gasteiger partial charge on any atom is -0.493 e. The fraction of sp³-hybridized carbons (Fsp3) is 0.607. The van der Waals surface area contributed by atoms with Gasteiger partial charge in [0.1, 0.15) is 0 Å². The third-order valence-electron chi connectivity index (χ3n) is 5.41. The van der Waals surface area contributed by atoms with Crippen LogP contribution < -0.4 is 9.47 Å². The summed E-state index contributed by atoms with van der Waals surface area (Å²) in [4.78, 5) is 12.1. The van der Waals surface area contributed by atoms with Crippen molar-refractivity contribution in [2.45, 2.75) is 104 Å². The quantitative estimate of drug-likeness (QED) is 0.101. The molecule has 0 aliphatic heterocycles. The average molecular weight is 429 g/mol. The van der Waals surface area contributed by atoms with Gasteiger partial charge in [0.05, 0.1) is 7.11 Å². The van der Waals surface area contributed by atoms with Gasteiger partial charge in [0, 0.05) is 6.42 Å². The van der Waals surface area contributed by atoms with Crippen LogP contribution >= 0.6 is 0 Å². The van der Waals surface area contributed by atoms with E-state index < -0.39 is 0 Å². The van der Waals surface area contributed by atoms with Crippen molar-refractivity contribution in [2.24, 2.45) is 0 Å². The molecule has 1 aromatic carbocycles. The summed E-state index contributed by atoms with van der Waals surface area (Å²) in [6.07, 6.45) is 25.4. The first kappa shape index (κ1) is 27.0. The number of carbonyl (C=O) groups excluding carboxylic acids is 1. The highest BCUT2D eigenvalue weighted by molar-refractivity contribution is 5.73. The van der Waals surface area contributed by atoms with Crippen LogP contribution in [-0.4, -0.2) is 13.1 Å². The van der Waals surface area contributed by atoms with Gasteiger partial charge in [-0.15, -0.1) is 0 Å². The highest BCUT2D eigenvalue weighted by atomic mass is 16.6. The second kappa shape index (κ2) is 18.7. The van der Waals surface area contributed by atoms with Crippen molar-refractivity contribution < 1.29 is 14.3 Å². The zero-order chi connectivity index (χ0) is 22.6. The highest BCUT2D eigenvalue weighted by Crippen LogP contribution is 2.29. The Bertz CT molecular complexity index is 646. The highest BCUT2D eigenvalue weighted by Gasteiger charge is 2.10. The minimum atomic E-state index is -0.185. The van der Waals surface area contributed by atoms with Gasteiger partial charge in [-0.3, -0.25) is 4.79 Å². The zero-order valence-electron chi connectivity index (χ0n) is 20.2. The van der Waals surface area contributed by atoms with Gasteiger partial charge in [0.2, 0.25) is 0 Å². The van der Waals surface area contributed by atoms with Crippen LogP contribution in [0.1, 0.15) is 109 Å². The lowest BCUT2D eigenvalue weighted by molar-refractivity contribution is -0.134. The van der Waals surface area contributed by atoms with E-state index in [1.165, 1.54) is 70.6 Å². The molecule has 0 bridgehead atoms. The number of rotatable bonds is 18. The van der Waals surface area contributed by atoms with Crippen molar-refractivity contribution >= 4 is 12.0 Å². The largest absolute Gasteiger partial charge is 0.493 e. The maximum absolute atomic E-state index is 12.1. The lowest BCUT2D eigenvalue weighted by Crippen LogP contribution is -2.08.